The Labute approximate surface area is 222 Å². The highest BCUT2D eigenvalue weighted by Crippen LogP contribution is 2.37. The van der Waals surface area contributed by atoms with Crippen LogP contribution in [0.2, 0.25) is 0 Å². The fraction of sp³-hybridized carbons (Fsp3) is 0.423. The van der Waals surface area contributed by atoms with Crippen LogP contribution in [0.25, 0.3) is 11.0 Å². The normalized spacial score (nSPS) is 20.3. The highest BCUT2D eigenvalue weighted by Gasteiger charge is 2.52. The summed E-state index contributed by atoms with van der Waals surface area (Å²) in [4.78, 5) is 15.2. The van der Waals surface area contributed by atoms with Gasteiger partial charge in [-0.1, -0.05) is 18.2 Å². The standard InChI is InChI=1S/C26H32BN5O5S/c1-15(2)32-21-12-17(8-11-20(21)29-24(32)33)14-28-30-16(3)23-19-10-9-18(13-22(19)38(34,35)31-23)27-36-25(4,5)26(6,7)37-27/h8-16,30H,1-7H3,(H,29,33)/b28-14+. The van der Waals surface area contributed by atoms with Crippen molar-refractivity contribution in [2.45, 2.75) is 76.6 Å². The van der Waals surface area contributed by atoms with Gasteiger partial charge in [-0.25, -0.2) is 4.79 Å². The zero-order valence-corrected chi connectivity index (χ0v) is 23.4. The van der Waals surface area contributed by atoms with Crippen LogP contribution < -0.4 is 16.6 Å². The number of hydrazone groups is 1. The highest BCUT2D eigenvalue weighted by molar-refractivity contribution is 7.90. The third kappa shape index (κ3) is 4.40. The van der Waals surface area contributed by atoms with Gasteiger partial charge in [0.1, 0.15) is 0 Å². The maximum Gasteiger partial charge on any atom is 0.494 e. The maximum atomic E-state index is 12.9. The molecular weight excluding hydrogens is 505 g/mol. The molecule has 5 rings (SSSR count). The number of nitrogens with zero attached hydrogens (tertiary/aromatic N) is 3. The van der Waals surface area contributed by atoms with Crippen molar-refractivity contribution >= 4 is 45.6 Å². The molecular formula is C26H32BN5O5S. The summed E-state index contributed by atoms with van der Waals surface area (Å²) in [5, 5.41) is 4.32. The lowest BCUT2D eigenvalue weighted by Gasteiger charge is -2.32. The quantitative estimate of drug-likeness (QED) is 0.283. The van der Waals surface area contributed by atoms with Gasteiger partial charge in [0, 0.05) is 11.6 Å². The van der Waals surface area contributed by atoms with Crippen molar-refractivity contribution in [2.75, 3.05) is 0 Å². The molecule has 0 aliphatic carbocycles. The molecule has 1 fully saturated rings. The van der Waals surface area contributed by atoms with Gasteiger partial charge >= 0.3 is 12.8 Å². The van der Waals surface area contributed by atoms with Crippen molar-refractivity contribution < 1.29 is 17.7 Å². The minimum absolute atomic E-state index is 0.00858. The number of fused-ring (bicyclic) bond motifs is 2. The minimum atomic E-state index is -3.87. The number of benzene rings is 2. The fourth-order valence-corrected chi connectivity index (χ4v) is 6.00. The Bertz CT molecular complexity index is 1640. The lowest BCUT2D eigenvalue weighted by atomic mass is 9.78. The molecule has 1 atom stereocenters. The minimum Gasteiger partial charge on any atom is -0.399 e. The third-order valence-corrected chi connectivity index (χ3v) is 8.78. The molecule has 2 aromatic carbocycles. The Morgan fingerprint density at radius 3 is 2.42 bits per heavy atom. The number of H-pyrrole nitrogens is 1. The second kappa shape index (κ2) is 8.93. The van der Waals surface area contributed by atoms with E-state index in [0.29, 0.717) is 16.7 Å². The molecule has 1 aromatic heterocycles. The predicted molar refractivity (Wildman–Crippen MR) is 149 cm³/mol. The zero-order chi connectivity index (χ0) is 27.6. The summed E-state index contributed by atoms with van der Waals surface area (Å²) in [7, 11) is -4.54. The lowest BCUT2D eigenvalue weighted by molar-refractivity contribution is 0.00578. The Hall–Kier alpha value is -3.22. The van der Waals surface area contributed by atoms with Crippen LogP contribution >= 0.6 is 0 Å². The van der Waals surface area contributed by atoms with E-state index in [4.69, 9.17) is 9.31 Å². The number of aromatic nitrogens is 2. The van der Waals surface area contributed by atoms with Crippen LogP contribution in [0.15, 0.2) is 55.6 Å². The molecule has 3 aromatic rings. The first-order valence-corrected chi connectivity index (χ1v) is 14.0. The van der Waals surface area contributed by atoms with E-state index in [-0.39, 0.29) is 16.6 Å². The first-order chi connectivity index (χ1) is 17.7. The molecule has 12 heteroatoms. The summed E-state index contributed by atoms with van der Waals surface area (Å²) in [5.41, 5.74) is 5.62. The molecule has 0 bridgehead atoms. The Balaban J connectivity index is 1.35. The van der Waals surface area contributed by atoms with Crippen LogP contribution in [0.1, 0.15) is 65.6 Å². The van der Waals surface area contributed by atoms with Crippen molar-refractivity contribution in [3.63, 3.8) is 0 Å². The molecule has 1 saturated heterocycles. The molecule has 0 spiro atoms. The fourth-order valence-electron chi connectivity index (χ4n) is 4.65. The Kier molecular flexibility index (Phi) is 6.20. The molecule has 0 amide bonds. The van der Waals surface area contributed by atoms with E-state index in [1.807, 2.05) is 65.8 Å². The van der Waals surface area contributed by atoms with Gasteiger partial charge in [0.25, 0.3) is 10.0 Å². The zero-order valence-electron chi connectivity index (χ0n) is 22.6. The van der Waals surface area contributed by atoms with E-state index in [2.05, 4.69) is 19.9 Å². The van der Waals surface area contributed by atoms with Gasteiger partial charge in [-0.15, -0.1) is 0 Å². The molecule has 1 unspecified atom stereocenters. The molecule has 200 valence electrons. The van der Waals surface area contributed by atoms with Crippen LogP contribution in [0.3, 0.4) is 0 Å². The van der Waals surface area contributed by atoms with Crippen LogP contribution in [-0.2, 0) is 19.3 Å². The van der Waals surface area contributed by atoms with E-state index >= 15 is 0 Å². The number of rotatable bonds is 6. The molecule has 0 saturated carbocycles. The molecule has 3 heterocycles. The predicted octanol–water partition coefficient (Wildman–Crippen LogP) is 2.71. The molecule has 10 nitrogen and oxygen atoms in total. The monoisotopic (exact) mass is 537 g/mol. The van der Waals surface area contributed by atoms with Gasteiger partial charge in [0.05, 0.1) is 45.1 Å². The molecule has 2 N–H and O–H groups in total. The van der Waals surface area contributed by atoms with Crippen molar-refractivity contribution in [3.8, 4) is 0 Å². The van der Waals surface area contributed by atoms with Gasteiger partial charge in [-0.05, 0) is 77.7 Å². The summed E-state index contributed by atoms with van der Waals surface area (Å²) in [6, 6.07) is 10.2. The maximum absolute atomic E-state index is 12.9. The van der Waals surface area contributed by atoms with E-state index in [1.54, 1.807) is 29.8 Å². The first kappa shape index (κ1) is 26.4. The SMILES string of the molecule is CC(N/N=C/c1ccc2[nH]c(=O)n(C(C)C)c2c1)C1=NS(=O)(=O)c2cc(B3OC(C)(C)C(C)(C)O3)ccc21. The number of hydrogen-bond acceptors (Lipinski definition) is 7. The molecule has 2 aliphatic rings. The molecule has 38 heavy (non-hydrogen) atoms. The Morgan fingerprint density at radius 1 is 1.08 bits per heavy atom. The summed E-state index contributed by atoms with van der Waals surface area (Å²) >= 11 is 0. The van der Waals surface area contributed by atoms with Crippen molar-refractivity contribution in [3.05, 3.63) is 58.0 Å². The number of nitrogens with one attached hydrogen (secondary N) is 2. The van der Waals surface area contributed by atoms with E-state index in [1.165, 1.54) is 0 Å². The highest BCUT2D eigenvalue weighted by atomic mass is 32.2. The third-order valence-electron chi connectivity index (χ3n) is 7.45. The number of hydrogen-bond donors (Lipinski definition) is 2. The van der Waals surface area contributed by atoms with Crippen LogP contribution in [0.5, 0.6) is 0 Å². The van der Waals surface area contributed by atoms with Crippen LogP contribution in [0.4, 0.5) is 0 Å². The van der Waals surface area contributed by atoms with E-state index in [0.717, 1.165) is 16.6 Å². The summed E-state index contributed by atoms with van der Waals surface area (Å²) in [5.74, 6) is 0. The van der Waals surface area contributed by atoms with Gasteiger partial charge in [0.2, 0.25) is 0 Å². The van der Waals surface area contributed by atoms with Gasteiger partial charge in [-0.2, -0.15) is 17.9 Å². The van der Waals surface area contributed by atoms with Gasteiger partial charge in [-0.3, -0.25) is 4.57 Å². The van der Waals surface area contributed by atoms with E-state index in [9.17, 15) is 13.2 Å². The summed E-state index contributed by atoms with van der Waals surface area (Å²) in [6.45, 7) is 13.5. The van der Waals surface area contributed by atoms with E-state index < -0.39 is 34.4 Å². The van der Waals surface area contributed by atoms with Gasteiger partial charge < -0.3 is 19.7 Å². The topological polar surface area (TPSA) is 127 Å². The van der Waals surface area contributed by atoms with Crippen molar-refractivity contribution in [1.82, 2.24) is 15.0 Å². The summed E-state index contributed by atoms with van der Waals surface area (Å²) < 4.78 is 43.8. The summed E-state index contributed by atoms with van der Waals surface area (Å²) in [6.07, 6.45) is 1.63. The average Bonchev–Trinajstić information content (AvgIpc) is 3.38. The van der Waals surface area contributed by atoms with Crippen molar-refractivity contribution in [2.24, 2.45) is 9.50 Å². The smallest absolute Gasteiger partial charge is 0.399 e. The van der Waals surface area contributed by atoms with Crippen LogP contribution in [0, 0.1) is 0 Å². The number of sulfonamides is 1. The second-order valence-electron chi connectivity index (χ2n) is 11.1. The number of aromatic amines is 1. The largest absolute Gasteiger partial charge is 0.494 e. The first-order valence-electron chi connectivity index (χ1n) is 12.6. The molecule has 2 aliphatic heterocycles. The van der Waals surface area contributed by atoms with Crippen molar-refractivity contribution in [1.29, 1.82) is 0 Å². The lowest BCUT2D eigenvalue weighted by Crippen LogP contribution is -2.41. The second-order valence-corrected chi connectivity index (χ2v) is 12.6. The average molecular weight is 537 g/mol. The number of imidazole rings is 1. The molecule has 0 radical (unpaired) electrons. The van der Waals surface area contributed by atoms with Gasteiger partial charge in [0.15, 0.2) is 0 Å². The van der Waals surface area contributed by atoms with Crippen LogP contribution in [-0.4, -0.2) is 54.3 Å². The Morgan fingerprint density at radius 2 is 1.76 bits per heavy atom.